The first-order valence-electron chi connectivity index (χ1n) is 5.90. The Kier molecular flexibility index (Phi) is 3.41. The third kappa shape index (κ3) is 2.26. The van der Waals surface area contributed by atoms with Crippen molar-refractivity contribution in [2.75, 3.05) is 7.11 Å². The van der Waals surface area contributed by atoms with Crippen LogP contribution in [0.5, 0.6) is 0 Å². The minimum absolute atomic E-state index is 0.0607. The Morgan fingerprint density at radius 2 is 2.44 bits per heavy atom. The molecule has 1 aliphatic carbocycles. The lowest BCUT2D eigenvalue weighted by atomic mass is 9.64. The predicted molar refractivity (Wildman–Crippen MR) is 63.3 cm³/mol. The standard InChI is InChI=1S/C12H18N2O4/c1-12(2)9(5-10(12)17-3)13-6-7-4-8(11(15)16)14-18-7/h4,9-10,13H,5-6H2,1-3H3,(H,15,16). The van der Waals surface area contributed by atoms with Crippen molar-refractivity contribution in [1.29, 1.82) is 0 Å². The molecule has 1 aromatic rings. The van der Waals surface area contributed by atoms with Crippen LogP contribution in [0.25, 0.3) is 0 Å². The van der Waals surface area contributed by atoms with E-state index in [0.717, 1.165) is 6.42 Å². The molecule has 2 rings (SSSR count). The SMILES string of the molecule is COC1CC(NCc2cc(C(=O)O)no2)C1(C)C. The molecule has 0 bridgehead atoms. The summed E-state index contributed by atoms with van der Waals surface area (Å²) in [5.41, 5.74) is 0.0131. The van der Waals surface area contributed by atoms with Crippen molar-refractivity contribution in [3.8, 4) is 0 Å². The Labute approximate surface area is 105 Å². The van der Waals surface area contributed by atoms with Gasteiger partial charge in [0.25, 0.3) is 0 Å². The van der Waals surface area contributed by atoms with Crippen LogP contribution in [0.2, 0.25) is 0 Å². The van der Waals surface area contributed by atoms with Crippen LogP contribution in [-0.4, -0.2) is 35.5 Å². The van der Waals surface area contributed by atoms with Gasteiger partial charge in [0, 0.05) is 24.6 Å². The summed E-state index contributed by atoms with van der Waals surface area (Å²) < 4.78 is 10.3. The van der Waals surface area contributed by atoms with E-state index in [0.29, 0.717) is 18.3 Å². The highest BCUT2D eigenvalue weighted by atomic mass is 16.5. The van der Waals surface area contributed by atoms with Crippen molar-refractivity contribution in [3.63, 3.8) is 0 Å². The Hall–Kier alpha value is -1.40. The molecule has 1 saturated carbocycles. The van der Waals surface area contributed by atoms with E-state index in [-0.39, 0.29) is 17.2 Å². The third-order valence-corrected chi connectivity index (χ3v) is 3.76. The van der Waals surface area contributed by atoms with Gasteiger partial charge < -0.3 is 19.7 Å². The second-order valence-electron chi connectivity index (χ2n) is 5.20. The molecule has 0 spiro atoms. The van der Waals surface area contributed by atoms with Crippen molar-refractivity contribution in [2.24, 2.45) is 5.41 Å². The van der Waals surface area contributed by atoms with Crippen molar-refractivity contribution in [2.45, 2.75) is 39.0 Å². The van der Waals surface area contributed by atoms with Crippen LogP contribution in [0.15, 0.2) is 10.6 Å². The molecule has 1 aliphatic rings. The van der Waals surface area contributed by atoms with Gasteiger partial charge in [0.1, 0.15) is 0 Å². The summed E-state index contributed by atoms with van der Waals surface area (Å²) in [4.78, 5) is 10.6. The Bertz CT molecular complexity index is 441. The molecule has 0 radical (unpaired) electrons. The van der Waals surface area contributed by atoms with Gasteiger partial charge in [-0.1, -0.05) is 19.0 Å². The zero-order valence-electron chi connectivity index (χ0n) is 10.8. The van der Waals surface area contributed by atoms with E-state index in [4.69, 9.17) is 14.4 Å². The van der Waals surface area contributed by atoms with Crippen molar-refractivity contribution in [3.05, 3.63) is 17.5 Å². The number of hydrogen-bond donors (Lipinski definition) is 2. The van der Waals surface area contributed by atoms with Crippen LogP contribution in [-0.2, 0) is 11.3 Å². The molecule has 0 aliphatic heterocycles. The number of carboxylic acid groups (broad SMARTS) is 1. The van der Waals surface area contributed by atoms with Gasteiger partial charge >= 0.3 is 5.97 Å². The Balaban J connectivity index is 1.87. The molecule has 2 unspecified atom stereocenters. The highest BCUT2D eigenvalue weighted by Gasteiger charge is 2.48. The summed E-state index contributed by atoms with van der Waals surface area (Å²) in [6, 6.07) is 1.77. The fourth-order valence-corrected chi connectivity index (χ4v) is 2.35. The molecule has 6 heteroatoms. The average molecular weight is 254 g/mol. The molecule has 0 aromatic carbocycles. The maximum Gasteiger partial charge on any atom is 0.358 e. The number of methoxy groups -OCH3 is 1. The number of nitrogens with zero attached hydrogens (tertiary/aromatic N) is 1. The fourth-order valence-electron chi connectivity index (χ4n) is 2.35. The molecule has 1 fully saturated rings. The minimum Gasteiger partial charge on any atom is -0.476 e. The van der Waals surface area contributed by atoms with Crippen molar-refractivity contribution >= 4 is 5.97 Å². The van der Waals surface area contributed by atoms with Gasteiger partial charge in [-0.2, -0.15) is 0 Å². The summed E-state index contributed by atoms with van der Waals surface area (Å²) >= 11 is 0. The molecule has 0 saturated heterocycles. The average Bonchev–Trinajstić information content (AvgIpc) is 2.76. The zero-order chi connectivity index (χ0) is 13.3. The van der Waals surface area contributed by atoms with Crippen LogP contribution in [0.1, 0.15) is 36.5 Å². The summed E-state index contributed by atoms with van der Waals surface area (Å²) in [5.74, 6) is -0.544. The largest absolute Gasteiger partial charge is 0.476 e. The van der Waals surface area contributed by atoms with E-state index < -0.39 is 5.97 Å². The smallest absolute Gasteiger partial charge is 0.358 e. The van der Waals surface area contributed by atoms with Gasteiger partial charge in [-0.05, 0) is 6.42 Å². The number of ether oxygens (including phenoxy) is 1. The van der Waals surface area contributed by atoms with E-state index in [1.807, 2.05) is 0 Å². The number of carboxylic acids is 1. The molecule has 6 nitrogen and oxygen atoms in total. The molecule has 0 amide bonds. The first-order chi connectivity index (χ1) is 8.45. The number of rotatable bonds is 5. The van der Waals surface area contributed by atoms with Crippen LogP contribution >= 0.6 is 0 Å². The number of aromatic carboxylic acids is 1. The number of hydrogen-bond acceptors (Lipinski definition) is 5. The quantitative estimate of drug-likeness (QED) is 0.823. The summed E-state index contributed by atoms with van der Waals surface area (Å²) in [6.45, 7) is 4.77. The number of aromatic nitrogens is 1. The summed E-state index contributed by atoms with van der Waals surface area (Å²) in [7, 11) is 1.72. The van der Waals surface area contributed by atoms with E-state index in [1.54, 1.807) is 7.11 Å². The molecule has 1 heterocycles. The van der Waals surface area contributed by atoms with Gasteiger partial charge in [0.05, 0.1) is 12.6 Å². The lowest BCUT2D eigenvalue weighted by molar-refractivity contribution is -0.0982. The van der Waals surface area contributed by atoms with Crippen LogP contribution < -0.4 is 5.32 Å². The molecule has 2 N–H and O–H groups in total. The van der Waals surface area contributed by atoms with E-state index in [9.17, 15) is 4.79 Å². The molecule has 2 atom stereocenters. The lowest BCUT2D eigenvalue weighted by Gasteiger charge is -2.51. The van der Waals surface area contributed by atoms with Crippen molar-refractivity contribution < 1.29 is 19.2 Å². The summed E-state index contributed by atoms with van der Waals surface area (Å²) in [5, 5.41) is 15.5. The van der Waals surface area contributed by atoms with E-state index in [1.165, 1.54) is 6.07 Å². The van der Waals surface area contributed by atoms with Crippen LogP contribution in [0.3, 0.4) is 0 Å². The number of nitrogens with one attached hydrogen (secondary N) is 1. The van der Waals surface area contributed by atoms with Crippen LogP contribution in [0, 0.1) is 5.41 Å². The van der Waals surface area contributed by atoms with E-state index in [2.05, 4.69) is 24.3 Å². The maximum absolute atomic E-state index is 10.6. The van der Waals surface area contributed by atoms with Gasteiger partial charge in [0.15, 0.2) is 11.5 Å². The first-order valence-corrected chi connectivity index (χ1v) is 5.90. The monoisotopic (exact) mass is 254 g/mol. The van der Waals surface area contributed by atoms with Crippen molar-refractivity contribution in [1.82, 2.24) is 10.5 Å². The Morgan fingerprint density at radius 1 is 1.72 bits per heavy atom. The predicted octanol–water partition coefficient (Wildman–Crippen LogP) is 1.28. The topological polar surface area (TPSA) is 84.6 Å². The fraction of sp³-hybridized carbons (Fsp3) is 0.667. The van der Waals surface area contributed by atoms with Crippen LogP contribution in [0.4, 0.5) is 0 Å². The molecular weight excluding hydrogens is 236 g/mol. The normalized spacial score (nSPS) is 25.7. The minimum atomic E-state index is -1.08. The van der Waals surface area contributed by atoms with Gasteiger partial charge in [-0.15, -0.1) is 0 Å². The second-order valence-corrected chi connectivity index (χ2v) is 5.20. The molecule has 18 heavy (non-hydrogen) atoms. The third-order valence-electron chi connectivity index (χ3n) is 3.76. The molecule has 100 valence electrons. The lowest BCUT2D eigenvalue weighted by Crippen LogP contribution is -2.60. The highest BCUT2D eigenvalue weighted by molar-refractivity contribution is 5.85. The number of carbonyl (C=O) groups is 1. The first kappa shape index (κ1) is 13.0. The zero-order valence-corrected chi connectivity index (χ0v) is 10.8. The molecule has 1 aromatic heterocycles. The van der Waals surface area contributed by atoms with E-state index >= 15 is 0 Å². The summed E-state index contributed by atoms with van der Waals surface area (Å²) in [6.07, 6.45) is 1.21. The maximum atomic E-state index is 10.6. The molecular formula is C12H18N2O4. The Morgan fingerprint density at radius 3 is 2.94 bits per heavy atom. The second kappa shape index (κ2) is 4.70. The van der Waals surface area contributed by atoms with Gasteiger partial charge in [0.2, 0.25) is 0 Å². The highest BCUT2D eigenvalue weighted by Crippen LogP contribution is 2.42. The van der Waals surface area contributed by atoms with Gasteiger partial charge in [-0.3, -0.25) is 0 Å². The van der Waals surface area contributed by atoms with Gasteiger partial charge in [-0.25, -0.2) is 4.79 Å².